The first kappa shape index (κ1) is 26.1. The van der Waals surface area contributed by atoms with Crippen LogP contribution in [0.5, 0.6) is 0 Å². The smallest absolute Gasteiger partial charge is 0.410 e. The van der Waals surface area contributed by atoms with Crippen molar-refractivity contribution in [2.24, 2.45) is 5.92 Å². The van der Waals surface area contributed by atoms with E-state index in [0.717, 1.165) is 43.0 Å². The van der Waals surface area contributed by atoms with Gasteiger partial charge in [0, 0.05) is 51.7 Å². The Hall–Kier alpha value is -2.52. The lowest BCUT2D eigenvalue weighted by Gasteiger charge is -2.37. The third-order valence-corrected chi connectivity index (χ3v) is 6.63. The van der Waals surface area contributed by atoms with Gasteiger partial charge in [0.25, 0.3) is 0 Å². The first-order valence-corrected chi connectivity index (χ1v) is 13.7. The lowest BCUT2D eigenvalue weighted by Crippen LogP contribution is -2.50. The van der Waals surface area contributed by atoms with Crippen LogP contribution in [0.15, 0.2) is 47.0 Å². The number of hydrazine groups is 1. The van der Waals surface area contributed by atoms with Crippen molar-refractivity contribution in [2.45, 2.75) is 45.1 Å². The SMILES string of the molecule is CC(C)CN1C=C(CN2CCN(C(=O)OC(C)(C)C)CC2)C=C(c2ccc(S(C)(=O)=O)cc2)N1. The number of nitrogens with zero attached hydrogens (tertiary/aromatic N) is 3. The van der Waals surface area contributed by atoms with Crippen LogP contribution >= 0.6 is 0 Å². The summed E-state index contributed by atoms with van der Waals surface area (Å²) in [5.74, 6) is 0.467. The molecular weight excluding hydrogens is 452 g/mol. The number of hydrogen-bond donors (Lipinski definition) is 1. The Labute approximate surface area is 204 Å². The summed E-state index contributed by atoms with van der Waals surface area (Å²) >= 11 is 0. The standard InChI is InChI=1S/C25H38N4O4S/c1-19(2)16-29-18-20(15-23(26-29)21-7-9-22(10-8-21)34(6,31)32)17-27-11-13-28(14-12-27)24(30)33-25(3,4)5/h7-10,15,18-19,26H,11-14,16-17H2,1-6H3. The number of carbonyl (C=O) groups excluding carboxylic acids is 1. The minimum atomic E-state index is -3.23. The number of benzene rings is 1. The molecule has 0 atom stereocenters. The van der Waals surface area contributed by atoms with E-state index >= 15 is 0 Å². The maximum Gasteiger partial charge on any atom is 0.410 e. The fourth-order valence-electron chi connectivity index (χ4n) is 3.92. The average Bonchev–Trinajstić information content (AvgIpc) is 2.72. The van der Waals surface area contributed by atoms with Crippen LogP contribution in [-0.4, -0.2) is 80.4 Å². The van der Waals surface area contributed by atoms with Crippen LogP contribution in [0.1, 0.15) is 40.2 Å². The molecule has 1 aromatic rings. The summed E-state index contributed by atoms with van der Waals surface area (Å²) in [6, 6.07) is 6.97. The van der Waals surface area contributed by atoms with E-state index in [1.165, 1.54) is 6.26 Å². The van der Waals surface area contributed by atoms with Gasteiger partial charge in [0.15, 0.2) is 9.84 Å². The quantitative estimate of drug-likeness (QED) is 0.655. The molecule has 1 aromatic carbocycles. The van der Waals surface area contributed by atoms with Gasteiger partial charge in [0.1, 0.15) is 5.60 Å². The van der Waals surface area contributed by atoms with E-state index in [0.29, 0.717) is 23.9 Å². The third kappa shape index (κ3) is 7.50. The van der Waals surface area contributed by atoms with Gasteiger partial charge in [-0.25, -0.2) is 13.2 Å². The first-order valence-electron chi connectivity index (χ1n) is 11.8. The molecule has 2 heterocycles. The van der Waals surface area contributed by atoms with Crippen molar-refractivity contribution in [3.8, 4) is 0 Å². The number of sulfone groups is 1. The molecule has 0 unspecified atom stereocenters. The summed E-state index contributed by atoms with van der Waals surface area (Å²) in [5.41, 5.74) is 5.99. The fraction of sp³-hybridized carbons (Fsp3) is 0.560. The molecule has 0 aliphatic carbocycles. The summed E-state index contributed by atoms with van der Waals surface area (Å²) in [4.78, 5) is 16.8. The molecule has 2 aliphatic heterocycles. The Balaban J connectivity index is 1.70. The van der Waals surface area contributed by atoms with E-state index in [1.54, 1.807) is 17.0 Å². The van der Waals surface area contributed by atoms with Crippen LogP contribution in [0.2, 0.25) is 0 Å². The molecule has 1 fully saturated rings. The number of ether oxygens (including phenoxy) is 1. The van der Waals surface area contributed by atoms with Gasteiger partial charge in [-0.15, -0.1) is 0 Å². The molecule has 188 valence electrons. The zero-order valence-electron chi connectivity index (χ0n) is 21.2. The molecule has 3 rings (SSSR count). The predicted octanol–water partition coefficient (Wildman–Crippen LogP) is 3.34. The van der Waals surface area contributed by atoms with Crippen molar-refractivity contribution >= 4 is 21.6 Å². The predicted molar refractivity (Wildman–Crippen MR) is 135 cm³/mol. The number of piperazine rings is 1. The van der Waals surface area contributed by atoms with Crippen molar-refractivity contribution in [2.75, 3.05) is 45.5 Å². The highest BCUT2D eigenvalue weighted by atomic mass is 32.2. The summed E-state index contributed by atoms with van der Waals surface area (Å²) in [6.07, 6.45) is 5.21. The summed E-state index contributed by atoms with van der Waals surface area (Å²) in [7, 11) is -3.23. The number of hydrogen-bond acceptors (Lipinski definition) is 7. The summed E-state index contributed by atoms with van der Waals surface area (Å²) in [6.45, 7) is 14.4. The number of carbonyl (C=O) groups is 1. The summed E-state index contributed by atoms with van der Waals surface area (Å²) in [5, 5.41) is 2.09. The van der Waals surface area contributed by atoms with Crippen LogP contribution in [0.4, 0.5) is 4.79 Å². The van der Waals surface area contributed by atoms with Crippen molar-refractivity contribution in [1.82, 2.24) is 20.2 Å². The van der Waals surface area contributed by atoms with Gasteiger partial charge in [0.05, 0.1) is 10.6 Å². The Kier molecular flexibility index (Phi) is 7.98. The highest BCUT2D eigenvalue weighted by Crippen LogP contribution is 2.23. The number of rotatable bonds is 6. The maximum absolute atomic E-state index is 12.4. The number of amides is 1. The van der Waals surface area contributed by atoms with Crippen molar-refractivity contribution in [1.29, 1.82) is 0 Å². The van der Waals surface area contributed by atoms with Crippen LogP contribution in [0.3, 0.4) is 0 Å². The van der Waals surface area contributed by atoms with Gasteiger partial charge in [-0.1, -0.05) is 26.0 Å². The van der Waals surface area contributed by atoms with E-state index in [-0.39, 0.29) is 6.09 Å². The molecule has 0 bridgehead atoms. The van der Waals surface area contributed by atoms with Gasteiger partial charge < -0.3 is 9.64 Å². The molecule has 8 nitrogen and oxygen atoms in total. The van der Waals surface area contributed by atoms with Gasteiger partial charge >= 0.3 is 6.09 Å². The zero-order chi connectivity index (χ0) is 25.1. The van der Waals surface area contributed by atoms with Crippen LogP contribution in [-0.2, 0) is 14.6 Å². The van der Waals surface area contributed by atoms with Crippen molar-refractivity contribution in [3.63, 3.8) is 0 Å². The topological polar surface area (TPSA) is 82.2 Å². The fourth-order valence-corrected chi connectivity index (χ4v) is 4.55. The average molecular weight is 491 g/mol. The van der Waals surface area contributed by atoms with Gasteiger partial charge in [0.2, 0.25) is 0 Å². The van der Waals surface area contributed by atoms with Crippen molar-refractivity contribution < 1.29 is 17.9 Å². The van der Waals surface area contributed by atoms with Crippen LogP contribution in [0, 0.1) is 5.92 Å². The second kappa shape index (κ2) is 10.4. The number of nitrogens with one attached hydrogen (secondary N) is 1. The highest BCUT2D eigenvalue weighted by molar-refractivity contribution is 7.90. The second-order valence-corrected chi connectivity index (χ2v) is 12.5. The van der Waals surface area contributed by atoms with Gasteiger partial charge in [-0.3, -0.25) is 15.3 Å². The molecule has 9 heteroatoms. The minimum Gasteiger partial charge on any atom is -0.444 e. The van der Waals surface area contributed by atoms with E-state index in [1.807, 2.05) is 32.9 Å². The molecule has 0 saturated carbocycles. The van der Waals surface area contributed by atoms with E-state index in [4.69, 9.17) is 4.74 Å². The normalized spacial score (nSPS) is 17.9. The minimum absolute atomic E-state index is 0.254. The molecule has 1 N–H and O–H groups in total. The van der Waals surface area contributed by atoms with Gasteiger partial charge in [-0.05, 0) is 56.0 Å². The third-order valence-electron chi connectivity index (χ3n) is 5.50. The monoisotopic (exact) mass is 490 g/mol. The van der Waals surface area contributed by atoms with Crippen molar-refractivity contribution in [3.05, 3.63) is 47.7 Å². The molecule has 34 heavy (non-hydrogen) atoms. The van der Waals surface area contributed by atoms with Crippen LogP contribution < -0.4 is 5.43 Å². The van der Waals surface area contributed by atoms with E-state index in [2.05, 4.69) is 41.5 Å². The molecule has 2 aliphatic rings. The Morgan fingerprint density at radius 2 is 1.71 bits per heavy atom. The molecule has 0 spiro atoms. The molecule has 0 aromatic heterocycles. The molecule has 1 saturated heterocycles. The molecule has 0 radical (unpaired) electrons. The second-order valence-electron chi connectivity index (χ2n) is 10.5. The first-order chi connectivity index (χ1) is 15.8. The maximum atomic E-state index is 12.4. The lowest BCUT2D eigenvalue weighted by atomic mass is 10.1. The highest BCUT2D eigenvalue weighted by Gasteiger charge is 2.26. The van der Waals surface area contributed by atoms with Crippen LogP contribution in [0.25, 0.3) is 5.70 Å². The van der Waals surface area contributed by atoms with E-state index in [9.17, 15) is 13.2 Å². The Morgan fingerprint density at radius 1 is 1.09 bits per heavy atom. The Bertz CT molecular complexity index is 1030. The largest absolute Gasteiger partial charge is 0.444 e. The van der Waals surface area contributed by atoms with E-state index < -0.39 is 15.4 Å². The summed E-state index contributed by atoms with van der Waals surface area (Å²) < 4.78 is 29.1. The van der Waals surface area contributed by atoms with Gasteiger partial charge in [-0.2, -0.15) is 0 Å². The zero-order valence-corrected chi connectivity index (χ0v) is 22.0. The Morgan fingerprint density at radius 3 is 2.24 bits per heavy atom. The molecule has 1 amide bonds. The lowest BCUT2D eigenvalue weighted by molar-refractivity contribution is 0.0152. The molecular formula is C25H38N4O4S.